The van der Waals surface area contributed by atoms with Gasteiger partial charge in [0.1, 0.15) is 17.7 Å². The van der Waals surface area contributed by atoms with Crippen LogP contribution in [0.4, 0.5) is 10.4 Å². The topological polar surface area (TPSA) is 68.5 Å². The highest BCUT2D eigenvalue weighted by atomic mass is 32.2. The van der Waals surface area contributed by atoms with E-state index in [1.54, 1.807) is 12.1 Å². The van der Waals surface area contributed by atoms with E-state index in [0.717, 1.165) is 73.5 Å². The maximum atomic E-state index is 14.5. The summed E-state index contributed by atoms with van der Waals surface area (Å²) in [7, 11) is -2.60. The summed E-state index contributed by atoms with van der Waals surface area (Å²) in [6.45, 7) is 3.85. The summed E-state index contributed by atoms with van der Waals surface area (Å²) in [5.41, 5.74) is 2.83. The number of fused-ring (bicyclic) bond motifs is 1. The monoisotopic (exact) mass is 483 g/mol. The predicted molar refractivity (Wildman–Crippen MR) is 133 cm³/mol. The molecule has 0 bridgehead atoms. The summed E-state index contributed by atoms with van der Waals surface area (Å²) in [4.78, 5) is 6.84. The van der Waals surface area contributed by atoms with Gasteiger partial charge in [-0.2, -0.15) is 4.98 Å². The summed E-state index contributed by atoms with van der Waals surface area (Å²) in [5, 5.41) is 4.07. The second-order valence-electron chi connectivity index (χ2n) is 9.40. The van der Waals surface area contributed by atoms with Gasteiger partial charge in [0.05, 0.1) is 4.90 Å². The van der Waals surface area contributed by atoms with E-state index in [9.17, 15) is 8.60 Å². The molecule has 1 aromatic heterocycles. The lowest BCUT2D eigenvalue weighted by molar-refractivity contribution is 0.137. The van der Waals surface area contributed by atoms with Crippen molar-refractivity contribution < 1.29 is 17.9 Å². The average molecular weight is 484 g/mol. The van der Waals surface area contributed by atoms with Crippen LogP contribution in [0.1, 0.15) is 37.6 Å². The molecular weight excluding hydrogens is 453 g/mol. The zero-order chi connectivity index (χ0) is 23.9. The zero-order valence-electron chi connectivity index (χ0n) is 19.6. The molecule has 2 aliphatic heterocycles. The van der Waals surface area contributed by atoms with Gasteiger partial charge in [0, 0.05) is 32.2 Å². The normalized spacial score (nSPS) is 20.1. The molecule has 34 heavy (non-hydrogen) atoms. The van der Waals surface area contributed by atoms with Gasteiger partial charge >= 0.3 is 6.01 Å². The molecule has 0 saturated carbocycles. The minimum absolute atomic E-state index is 0.140. The minimum atomic E-state index is -2.60. The number of piperidine rings is 1. The van der Waals surface area contributed by atoms with Crippen molar-refractivity contribution in [2.75, 3.05) is 24.2 Å². The highest BCUT2D eigenvalue weighted by Gasteiger charge is 2.34. The number of hydrogen-bond donors (Lipinski definition) is 0. The second kappa shape index (κ2) is 9.06. The van der Waals surface area contributed by atoms with Crippen LogP contribution in [-0.2, 0) is 22.4 Å². The maximum Gasteiger partial charge on any atom is 0.324 e. The van der Waals surface area contributed by atoms with E-state index in [0.29, 0.717) is 11.9 Å². The number of ether oxygens (including phenoxy) is 1. The molecule has 0 radical (unpaired) electrons. The molecule has 2 atom stereocenters. The van der Waals surface area contributed by atoms with E-state index in [4.69, 9.17) is 9.26 Å². The summed E-state index contributed by atoms with van der Waals surface area (Å²) in [6, 6.07) is 11.5. The molecule has 0 aliphatic carbocycles. The van der Waals surface area contributed by atoms with Crippen molar-refractivity contribution in [3.63, 3.8) is 0 Å². The van der Waals surface area contributed by atoms with E-state index < -0.39 is 15.3 Å². The summed E-state index contributed by atoms with van der Waals surface area (Å²) < 4.78 is 38.4. The highest BCUT2D eigenvalue weighted by molar-refractivity contribution is 7.99. The Kier molecular flexibility index (Phi) is 6.10. The Hall–Kier alpha value is -2.87. The molecule has 0 N–H and O–H groups in total. The number of nitrogens with zero attached hydrogens (tertiary/aromatic N) is 3. The van der Waals surface area contributed by atoms with Gasteiger partial charge in [-0.05, 0) is 81.5 Å². The number of halogens is 1. The van der Waals surface area contributed by atoms with Crippen molar-refractivity contribution in [2.24, 2.45) is 5.92 Å². The highest BCUT2D eigenvalue weighted by Crippen LogP contribution is 2.38. The lowest BCUT2D eigenvalue weighted by Gasteiger charge is -2.33. The van der Waals surface area contributed by atoms with Crippen LogP contribution < -0.4 is 9.64 Å². The molecule has 2 aromatic carbocycles. The Bertz CT molecular complexity index is 1300. The smallest absolute Gasteiger partial charge is 0.324 e. The van der Waals surface area contributed by atoms with Crippen LogP contribution in [0.25, 0.3) is 11.1 Å². The fourth-order valence-corrected chi connectivity index (χ4v) is 5.74. The Morgan fingerprint density at radius 2 is 1.91 bits per heavy atom. The Morgan fingerprint density at radius 1 is 1.18 bits per heavy atom. The quantitative estimate of drug-likeness (QED) is 0.471. The summed E-state index contributed by atoms with van der Waals surface area (Å²) in [6.07, 6.45) is 6.28. The van der Waals surface area contributed by atoms with Crippen molar-refractivity contribution in [1.82, 2.24) is 10.1 Å². The van der Waals surface area contributed by atoms with E-state index in [1.165, 1.54) is 12.3 Å². The third-order valence-corrected chi connectivity index (χ3v) is 8.02. The standard InChI is InChI=1S/C26H30FN3O3S/c1-4-5-25-28-26(33-29-25)30-12-10-17(11-13-30)23-16-20-14-18(6-8-22(20)32-23)19-7-9-24(21(27)15-19)34(2,3)31/h6-9,14-15,17,23H,2,4-5,10-13,16H2,1,3H3. The van der Waals surface area contributed by atoms with Crippen LogP contribution in [0.5, 0.6) is 5.75 Å². The average Bonchev–Trinajstić information content (AvgIpc) is 3.45. The van der Waals surface area contributed by atoms with Crippen molar-refractivity contribution in [3.05, 3.63) is 53.6 Å². The lowest BCUT2D eigenvalue weighted by Crippen LogP contribution is -2.39. The minimum Gasteiger partial charge on any atom is -0.490 e. The van der Waals surface area contributed by atoms with Gasteiger partial charge < -0.3 is 14.2 Å². The molecule has 8 heteroatoms. The molecule has 0 amide bonds. The number of hydrogen-bond acceptors (Lipinski definition) is 6. The van der Waals surface area contributed by atoms with Crippen LogP contribution in [0.15, 0.2) is 45.8 Å². The van der Waals surface area contributed by atoms with Gasteiger partial charge in [-0.3, -0.25) is 4.21 Å². The van der Waals surface area contributed by atoms with Crippen LogP contribution in [0.2, 0.25) is 0 Å². The first-order valence-corrected chi connectivity index (χ1v) is 13.9. The first-order valence-electron chi connectivity index (χ1n) is 11.8. The summed E-state index contributed by atoms with van der Waals surface area (Å²) >= 11 is 0. The van der Waals surface area contributed by atoms with Gasteiger partial charge in [0.2, 0.25) is 0 Å². The Balaban J connectivity index is 1.24. The summed E-state index contributed by atoms with van der Waals surface area (Å²) in [5.74, 6) is 5.24. The molecule has 2 aliphatic rings. The van der Waals surface area contributed by atoms with Crippen molar-refractivity contribution in [2.45, 2.75) is 50.0 Å². The Morgan fingerprint density at radius 3 is 2.62 bits per heavy atom. The first kappa shape index (κ1) is 22.9. The molecule has 5 rings (SSSR count). The molecule has 1 saturated heterocycles. The van der Waals surface area contributed by atoms with Gasteiger partial charge in [-0.1, -0.05) is 24.2 Å². The van der Waals surface area contributed by atoms with Gasteiger partial charge in [0.15, 0.2) is 5.82 Å². The molecular formula is C26H30FN3O3S. The van der Waals surface area contributed by atoms with E-state index in [-0.39, 0.29) is 11.0 Å². The maximum absolute atomic E-state index is 14.5. The van der Waals surface area contributed by atoms with Crippen LogP contribution in [0.3, 0.4) is 0 Å². The number of benzene rings is 2. The molecule has 3 heterocycles. The fourth-order valence-electron chi connectivity index (χ4n) is 4.91. The third-order valence-electron chi connectivity index (χ3n) is 6.76. The van der Waals surface area contributed by atoms with Gasteiger partial charge in [0.25, 0.3) is 0 Å². The molecule has 180 valence electrons. The molecule has 2 unspecified atom stereocenters. The number of rotatable bonds is 6. The SMILES string of the molecule is C=S(C)(=O)c1ccc(-c2ccc3c(c2)CC(C2CCN(c4nc(CCC)no4)CC2)O3)cc1F. The van der Waals surface area contributed by atoms with Gasteiger partial charge in [-0.15, -0.1) is 0 Å². The number of aromatic nitrogens is 2. The number of anilines is 1. The first-order chi connectivity index (χ1) is 16.3. The fraction of sp³-hybridized carbons (Fsp3) is 0.423. The van der Waals surface area contributed by atoms with E-state index >= 15 is 0 Å². The van der Waals surface area contributed by atoms with Gasteiger partial charge in [-0.25, -0.2) is 4.39 Å². The van der Waals surface area contributed by atoms with Crippen molar-refractivity contribution in [1.29, 1.82) is 0 Å². The molecule has 1 fully saturated rings. The van der Waals surface area contributed by atoms with Crippen molar-refractivity contribution in [3.8, 4) is 16.9 Å². The van der Waals surface area contributed by atoms with Crippen LogP contribution in [0, 0.1) is 11.7 Å². The number of aryl methyl sites for hydroxylation is 1. The third kappa shape index (κ3) is 4.56. The van der Waals surface area contributed by atoms with Crippen LogP contribution in [-0.4, -0.2) is 45.7 Å². The van der Waals surface area contributed by atoms with E-state index in [1.807, 2.05) is 12.1 Å². The Labute approximate surface area is 200 Å². The van der Waals surface area contributed by atoms with Crippen molar-refractivity contribution >= 4 is 21.4 Å². The predicted octanol–water partition coefficient (Wildman–Crippen LogP) is 4.75. The molecule has 0 spiro atoms. The molecule has 3 aromatic rings. The lowest BCUT2D eigenvalue weighted by atomic mass is 9.88. The second-order valence-corrected chi connectivity index (χ2v) is 11.9. The van der Waals surface area contributed by atoms with E-state index in [2.05, 4.69) is 33.9 Å². The zero-order valence-corrected chi connectivity index (χ0v) is 20.4. The largest absolute Gasteiger partial charge is 0.490 e. The molecule has 6 nitrogen and oxygen atoms in total. The van der Waals surface area contributed by atoms with Crippen LogP contribution >= 0.6 is 0 Å².